The summed E-state index contributed by atoms with van der Waals surface area (Å²) in [6, 6.07) is -0.0974. The highest BCUT2D eigenvalue weighted by atomic mass is 16.5. The Hall–Kier alpha value is -0.810. The number of hydrogen-bond donors (Lipinski definition) is 2. The number of hydrogen-bond acceptors (Lipinski definition) is 3. The lowest BCUT2D eigenvalue weighted by Crippen LogP contribution is -2.43. The van der Waals surface area contributed by atoms with Crippen LogP contribution in [0.4, 0.5) is 4.79 Å². The quantitative estimate of drug-likeness (QED) is 0.670. The van der Waals surface area contributed by atoms with Crippen molar-refractivity contribution >= 4 is 6.03 Å². The van der Waals surface area contributed by atoms with Crippen LogP contribution in [0.1, 0.15) is 26.7 Å². The average molecular weight is 257 g/mol. The molecule has 1 fully saturated rings. The number of urea groups is 1. The zero-order valence-electron chi connectivity index (χ0n) is 11.7. The van der Waals surface area contributed by atoms with Gasteiger partial charge in [0.25, 0.3) is 0 Å². The summed E-state index contributed by atoms with van der Waals surface area (Å²) >= 11 is 0. The van der Waals surface area contributed by atoms with E-state index < -0.39 is 0 Å². The molecule has 2 amide bonds. The van der Waals surface area contributed by atoms with Crippen molar-refractivity contribution < 1.29 is 9.53 Å². The zero-order valence-corrected chi connectivity index (χ0v) is 11.7. The third-order valence-corrected chi connectivity index (χ3v) is 3.19. The lowest BCUT2D eigenvalue weighted by molar-refractivity contribution is 0.149. The van der Waals surface area contributed by atoms with Crippen LogP contribution in [-0.2, 0) is 4.74 Å². The standard InChI is InChI=1S/C13H27N3O2/c1-3-18-10-7-15-13(17)14-6-9-16-8-4-5-12(2)11-16/h12H,3-11H2,1-2H3,(H2,14,15,17). The number of ether oxygens (including phenoxy) is 1. The first-order valence-corrected chi connectivity index (χ1v) is 7.04. The predicted octanol–water partition coefficient (Wildman–Crippen LogP) is 1.05. The molecule has 1 aliphatic rings. The van der Waals surface area contributed by atoms with Crippen molar-refractivity contribution in [3.63, 3.8) is 0 Å². The average Bonchev–Trinajstić information content (AvgIpc) is 2.35. The minimum atomic E-state index is -0.0974. The van der Waals surface area contributed by atoms with Crippen LogP contribution in [0.15, 0.2) is 0 Å². The van der Waals surface area contributed by atoms with E-state index in [0.29, 0.717) is 26.3 Å². The van der Waals surface area contributed by atoms with Gasteiger partial charge in [-0.15, -0.1) is 0 Å². The summed E-state index contributed by atoms with van der Waals surface area (Å²) in [6.07, 6.45) is 2.61. The summed E-state index contributed by atoms with van der Waals surface area (Å²) < 4.78 is 5.14. The molecule has 0 aromatic rings. The van der Waals surface area contributed by atoms with Gasteiger partial charge in [-0.2, -0.15) is 0 Å². The summed E-state index contributed by atoms with van der Waals surface area (Å²) in [7, 11) is 0. The van der Waals surface area contributed by atoms with E-state index >= 15 is 0 Å². The van der Waals surface area contributed by atoms with Crippen molar-refractivity contribution in [2.75, 3.05) is 45.9 Å². The molecule has 0 aromatic heterocycles. The molecule has 0 saturated carbocycles. The number of carbonyl (C=O) groups is 1. The summed E-state index contributed by atoms with van der Waals surface area (Å²) in [5.74, 6) is 0.791. The Morgan fingerprint density at radius 3 is 2.89 bits per heavy atom. The maximum atomic E-state index is 11.4. The first kappa shape index (κ1) is 15.2. The minimum Gasteiger partial charge on any atom is -0.380 e. The monoisotopic (exact) mass is 257 g/mol. The van der Waals surface area contributed by atoms with Crippen molar-refractivity contribution in [2.45, 2.75) is 26.7 Å². The van der Waals surface area contributed by atoms with Crippen molar-refractivity contribution in [3.05, 3.63) is 0 Å². The van der Waals surface area contributed by atoms with Crippen LogP contribution in [0.3, 0.4) is 0 Å². The third-order valence-electron chi connectivity index (χ3n) is 3.19. The van der Waals surface area contributed by atoms with Crippen LogP contribution in [0.25, 0.3) is 0 Å². The number of rotatable bonds is 7. The largest absolute Gasteiger partial charge is 0.380 e. The smallest absolute Gasteiger partial charge is 0.314 e. The highest BCUT2D eigenvalue weighted by Gasteiger charge is 2.15. The second-order valence-corrected chi connectivity index (χ2v) is 4.93. The SMILES string of the molecule is CCOCCNC(=O)NCCN1CCCC(C)C1. The number of piperidine rings is 1. The Bertz CT molecular complexity index is 236. The fraction of sp³-hybridized carbons (Fsp3) is 0.923. The molecule has 106 valence electrons. The van der Waals surface area contributed by atoms with Crippen LogP contribution >= 0.6 is 0 Å². The molecule has 0 radical (unpaired) electrons. The van der Waals surface area contributed by atoms with Gasteiger partial charge < -0.3 is 20.3 Å². The molecule has 1 unspecified atom stereocenters. The number of amides is 2. The Morgan fingerprint density at radius 1 is 1.39 bits per heavy atom. The first-order chi connectivity index (χ1) is 8.72. The maximum absolute atomic E-state index is 11.4. The van der Waals surface area contributed by atoms with E-state index in [1.54, 1.807) is 0 Å². The lowest BCUT2D eigenvalue weighted by Gasteiger charge is -2.30. The van der Waals surface area contributed by atoms with Gasteiger partial charge in [-0.05, 0) is 32.2 Å². The number of likely N-dealkylation sites (tertiary alicyclic amines) is 1. The first-order valence-electron chi connectivity index (χ1n) is 7.04. The summed E-state index contributed by atoms with van der Waals surface area (Å²) in [4.78, 5) is 13.8. The molecule has 0 aliphatic carbocycles. The molecule has 1 atom stereocenters. The summed E-state index contributed by atoms with van der Waals surface area (Å²) in [6.45, 7) is 10.1. The second kappa shape index (κ2) is 9.16. The molecular weight excluding hydrogens is 230 g/mol. The van der Waals surface area contributed by atoms with E-state index in [9.17, 15) is 4.79 Å². The van der Waals surface area contributed by atoms with Crippen molar-refractivity contribution in [1.29, 1.82) is 0 Å². The summed E-state index contributed by atoms with van der Waals surface area (Å²) in [5, 5.41) is 5.64. The van der Waals surface area contributed by atoms with Crippen LogP contribution < -0.4 is 10.6 Å². The van der Waals surface area contributed by atoms with Gasteiger partial charge in [-0.3, -0.25) is 0 Å². The molecule has 18 heavy (non-hydrogen) atoms. The van der Waals surface area contributed by atoms with Crippen LogP contribution in [-0.4, -0.2) is 56.9 Å². The number of nitrogens with one attached hydrogen (secondary N) is 2. The van der Waals surface area contributed by atoms with Gasteiger partial charge in [0, 0.05) is 32.8 Å². The van der Waals surface area contributed by atoms with Gasteiger partial charge in [-0.25, -0.2) is 4.79 Å². The fourth-order valence-electron chi connectivity index (χ4n) is 2.26. The summed E-state index contributed by atoms with van der Waals surface area (Å²) in [5.41, 5.74) is 0. The van der Waals surface area contributed by atoms with Crippen molar-refractivity contribution in [3.8, 4) is 0 Å². The van der Waals surface area contributed by atoms with Gasteiger partial charge in [0.2, 0.25) is 0 Å². The topological polar surface area (TPSA) is 53.6 Å². The molecular formula is C13H27N3O2. The zero-order chi connectivity index (χ0) is 13.2. The Kier molecular flexibility index (Phi) is 7.76. The Balaban J connectivity index is 1.97. The Labute approximate surface area is 110 Å². The van der Waals surface area contributed by atoms with Crippen molar-refractivity contribution in [2.24, 2.45) is 5.92 Å². The minimum absolute atomic E-state index is 0.0974. The molecule has 2 N–H and O–H groups in total. The lowest BCUT2D eigenvalue weighted by atomic mass is 10.0. The van der Waals surface area contributed by atoms with E-state index in [0.717, 1.165) is 25.6 Å². The van der Waals surface area contributed by atoms with E-state index in [1.807, 2.05) is 6.92 Å². The van der Waals surface area contributed by atoms with E-state index in [4.69, 9.17) is 4.74 Å². The second-order valence-electron chi connectivity index (χ2n) is 4.93. The maximum Gasteiger partial charge on any atom is 0.314 e. The van der Waals surface area contributed by atoms with Gasteiger partial charge in [-0.1, -0.05) is 6.92 Å². The van der Waals surface area contributed by atoms with Gasteiger partial charge in [0.05, 0.1) is 6.61 Å². The molecule has 1 heterocycles. The van der Waals surface area contributed by atoms with Crippen LogP contribution in [0.5, 0.6) is 0 Å². The molecule has 5 nitrogen and oxygen atoms in total. The van der Waals surface area contributed by atoms with Gasteiger partial charge in [0.15, 0.2) is 0 Å². The molecule has 0 spiro atoms. The van der Waals surface area contributed by atoms with E-state index in [-0.39, 0.29) is 6.03 Å². The third kappa shape index (κ3) is 6.81. The predicted molar refractivity (Wildman–Crippen MR) is 72.7 cm³/mol. The molecule has 0 aromatic carbocycles. The molecule has 1 aliphatic heterocycles. The molecule has 0 bridgehead atoms. The highest BCUT2D eigenvalue weighted by molar-refractivity contribution is 5.73. The van der Waals surface area contributed by atoms with Crippen LogP contribution in [0.2, 0.25) is 0 Å². The Morgan fingerprint density at radius 2 is 2.17 bits per heavy atom. The van der Waals surface area contributed by atoms with Gasteiger partial charge in [0.1, 0.15) is 0 Å². The van der Waals surface area contributed by atoms with Gasteiger partial charge >= 0.3 is 6.03 Å². The number of carbonyl (C=O) groups excluding carboxylic acids is 1. The molecule has 1 saturated heterocycles. The van der Waals surface area contributed by atoms with E-state index in [1.165, 1.54) is 12.8 Å². The normalized spacial score (nSPS) is 20.7. The fourth-order valence-corrected chi connectivity index (χ4v) is 2.26. The van der Waals surface area contributed by atoms with Crippen molar-refractivity contribution in [1.82, 2.24) is 15.5 Å². The number of nitrogens with zero attached hydrogens (tertiary/aromatic N) is 1. The van der Waals surface area contributed by atoms with Crippen LogP contribution in [0, 0.1) is 5.92 Å². The highest BCUT2D eigenvalue weighted by Crippen LogP contribution is 2.14. The molecule has 1 rings (SSSR count). The molecule has 5 heteroatoms. The van der Waals surface area contributed by atoms with E-state index in [2.05, 4.69) is 22.5 Å².